The van der Waals surface area contributed by atoms with Crippen LogP contribution in [0.15, 0.2) is 47.4 Å². The summed E-state index contributed by atoms with van der Waals surface area (Å²) in [5.41, 5.74) is 7.60. The van der Waals surface area contributed by atoms with E-state index in [-0.39, 0.29) is 0 Å². The zero-order chi connectivity index (χ0) is 9.10. The molecule has 0 spiro atoms. The molecule has 2 atom stereocenters. The Morgan fingerprint density at radius 2 is 2.23 bits per heavy atom. The Balaban J connectivity index is 2.21. The highest BCUT2D eigenvalue weighted by Gasteiger charge is 2.17. The molecule has 0 aliphatic heterocycles. The van der Waals surface area contributed by atoms with Crippen molar-refractivity contribution in [3.63, 3.8) is 0 Å². The predicted molar refractivity (Wildman–Crippen MR) is 55.3 cm³/mol. The first-order valence-electron chi connectivity index (χ1n) is 4.90. The van der Waals surface area contributed by atoms with Gasteiger partial charge in [0.15, 0.2) is 0 Å². The van der Waals surface area contributed by atoms with E-state index in [2.05, 4.69) is 48.8 Å². The van der Waals surface area contributed by atoms with Crippen LogP contribution in [0.5, 0.6) is 0 Å². The molecule has 0 aromatic carbocycles. The van der Waals surface area contributed by atoms with Crippen LogP contribution in [0.3, 0.4) is 0 Å². The van der Waals surface area contributed by atoms with Gasteiger partial charge in [-0.2, -0.15) is 0 Å². The standard InChI is InChI=1S/C13H14/c1-11-7-5-6-10-13(11)12-8-3-2-4-9-12/h3,5-6,9-12H,7-8H2,1H3. The first-order valence-corrected chi connectivity index (χ1v) is 4.90. The van der Waals surface area contributed by atoms with Crippen molar-refractivity contribution in [2.45, 2.75) is 19.8 Å². The quantitative estimate of drug-likeness (QED) is 0.529. The lowest BCUT2D eigenvalue weighted by atomic mass is 9.82. The van der Waals surface area contributed by atoms with Gasteiger partial charge in [-0.15, -0.1) is 0 Å². The van der Waals surface area contributed by atoms with Gasteiger partial charge in [0.2, 0.25) is 0 Å². The van der Waals surface area contributed by atoms with E-state index in [0.29, 0.717) is 11.8 Å². The third-order valence-corrected chi connectivity index (χ3v) is 2.75. The monoisotopic (exact) mass is 170 g/mol. The molecule has 0 nitrogen and oxygen atoms in total. The summed E-state index contributed by atoms with van der Waals surface area (Å²) in [6.45, 7) is 2.30. The van der Waals surface area contributed by atoms with E-state index in [9.17, 15) is 0 Å². The van der Waals surface area contributed by atoms with Gasteiger partial charge >= 0.3 is 0 Å². The third kappa shape index (κ3) is 1.75. The van der Waals surface area contributed by atoms with Crippen molar-refractivity contribution in [2.24, 2.45) is 11.8 Å². The van der Waals surface area contributed by atoms with Gasteiger partial charge in [0.05, 0.1) is 0 Å². The maximum Gasteiger partial charge on any atom is 0.0106 e. The van der Waals surface area contributed by atoms with E-state index < -0.39 is 0 Å². The molecular formula is C13H14. The van der Waals surface area contributed by atoms with Gasteiger partial charge in [-0.3, -0.25) is 0 Å². The molecule has 13 heavy (non-hydrogen) atoms. The predicted octanol–water partition coefficient (Wildman–Crippen LogP) is 3.40. The van der Waals surface area contributed by atoms with Crippen molar-refractivity contribution in [2.75, 3.05) is 0 Å². The fourth-order valence-electron chi connectivity index (χ4n) is 1.95. The summed E-state index contributed by atoms with van der Waals surface area (Å²) in [6, 6.07) is 0. The third-order valence-electron chi connectivity index (χ3n) is 2.75. The highest BCUT2D eigenvalue weighted by atomic mass is 14.2. The van der Waals surface area contributed by atoms with Crippen molar-refractivity contribution in [3.05, 3.63) is 47.4 Å². The Morgan fingerprint density at radius 3 is 2.92 bits per heavy atom. The molecule has 0 heteroatoms. The Labute approximate surface area is 79.7 Å². The maximum absolute atomic E-state index is 3.06. The van der Waals surface area contributed by atoms with Crippen LogP contribution in [0.4, 0.5) is 0 Å². The summed E-state index contributed by atoms with van der Waals surface area (Å²) in [5.74, 6) is 1.26. The lowest BCUT2D eigenvalue weighted by molar-refractivity contribution is 0.589. The van der Waals surface area contributed by atoms with E-state index in [1.165, 1.54) is 6.42 Å². The zero-order valence-electron chi connectivity index (χ0n) is 7.96. The number of hydrogen-bond donors (Lipinski definition) is 0. The zero-order valence-corrected chi connectivity index (χ0v) is 7.96. The second-order valence-electron chi connectivity index (χ2n) is 3.73. The smallest absolute Gasteiger partial charge is 0.0106 e. The van der Waals surface area contributed by atoms with Crippen molar-refractivity contribution in [1.82, 2.24) is 0 Å². The van der Waals surface area contributed by atoms with Crippen LogP contribution < -0.4 is 0 Å². The van der Waals surface area contributed by atoms with Crippen LogP contribution in [0.2, 0.25) is 0 Å². The van der Waals surface area contributed by atoms with Crippen LogP contribution in [0.25, 0.3) is 0 Å². The van der Waals surface area contributed by atoms with Crippen LogP contribution in [0, 0.1) is 11.8 Å². The van der Waals surface area contributed by atoms with E-state index in [0.717, 1.165) is 6.42 Å². The molecule has 0 heterocycles. The molecule has 0 saturated carbocycles. The summed E-state index contributed by atoms with van der Waals surface area (Å²) in [7, 11) is 0. The summed E-state index contributed by atoms with van der Waals surface area (Å²) >= 11 is 0. The summed E-state index contributed by atoms with van der Waals surface area (Å²) in [5, 5.41) is 0. The Morgan fingerprint density at radius 1 is 1.31 bits per heavy atom. The fraction of sp³-hybridized carbons (Fsp3) is 0.385. The van der Waals surface area contributed by atoms with Gasteiger partial charge in [-0.1, -0.05) is 42.2 Å². The average Bonchev–Trinajstić information content (AvgIpc) is 2.20. The molecular weight excluding hydrogens is 156 g/mol. The molecule has 2 aliphatic rings. The molecule has 0 aromatic heterocycles. The van der Waals surface area contributed by atoms with Gasteiger partial charge in [0.25, 0.3) is 0 Å². The largest absolute Gasteiger partial charge is 0.0840 e. The lowest BCUT2D eigenvalue weighted by Gasteiger charge is -2.23. The number of allylic oxidation sites excluding steroid dienone is 6. The van der Waals surface area contributed by atoms with E-state index >= 15 is 0 Å². The molecule has 2 rings (SSSR count). The van der Waals surface area contributed by atoms with Gasteiger partial charge in [0.1, 0.15) is 0 Å². The topological polar surface area (TPSA) is 0 Å². The first kappa shape index (κ1) is 8.38. The minimum Gasteiger partial charge on any atom is -0.0840 e. The summed E-state index contributed by atoms with van der Waals surface area (Å²) in [6.07, 6.45) is 13.2. The lowest BCUT2D eigenvalue weighted by Crippen LogP contribution is -2.10. The molecule has 2 unspecified atom stereocenters. The highest BCUT2D eigenvalue weighted by Crippen LogP contribution is 2.30. The molecule has 0 fully saturated rings. The molecule has 2 aliphatic carbocycles. The Bertz CT molecular complexity index is 342. The molecule has 0 radical (unpaired) electrons. The molecule has 0 amide bonds. The Kier molecular flexibility index (Phi) is 2.36. The van der Waals surface area contributed by atoms with Gasteiger partial charge in [-0.25, -0.2) is 0 Å². The van der Waals surface area contributed by atoms with Crippen LogP contribution in [-0.2, 0) is 0 Å². The van der Waals surface area contributed by atoms with Gasteiger partial charge in [0, 0.05) is 5.92 Å². The first-order chi connectivity index (χ1) is 6.38. The molecule has 0 saturated heterocycles. The number of hydrogen-bond acceptors (Lipinski definition) is 0. The van der Waals surface area contributed by atoms with Crippen molar-refractivity contribution in [1.29, 1.82) is 0 Å². The van der Waals surface area contributed by atoms with Crippen LogP contribution >= 0.6 is 0 Å². The van der Waals surface area contributed by atoms with Crippen molar-refractivity contribution < 1.29 is 0 Å². The van der Waals surface area contributed by atoms with E-state index in [4.69, 9.17) is 0 Å². The van der Waals surface area contributed by atoms with Crippen LogP contribution in [-0.4, -0.2) is 0 Å². The molecule has 0 N–H and O–H groups in total. The average molecular weight is 170 g/mol. The Hall–Kier alpha value is -1.22. The minimum atomic E-state index is 0.571. The van der Waals surface area contributed by atoms with Gasteiger partial charge < -0.3 is 0 Å². The summed E-state index contributed by atoms with van der Waals surface area (Å²) in [4.78, 5) is 0. The van der Waals surface area contributed by atoms with E-state index in [1.807, 2.05) is 0 Å². The van der Waals surface area contributed by atoms with Gasteiger partial charge in [-0.05, 0) is 30.9 Å². The molecule has 0 aromatic rings. The summed E-state index contributed by atoms with van der Waals surface area (Å²) < 4.78 is 0. The van der Waals surface area contributed by atoms with Crippen LogP contribution in [0.1, 0.15) is 19.8 Å². The van der Waals surface area contributed by atoms with Crippen molar-refractivity contribution >= 4 is 0 Å². The second-order valence-corrected chi connectivity index (χ2v) is 3.73. The fourth-order valence-corrected chi connectivity index (χ4v) is 1.95. The minimum absolute atomic E-state index is 0.571. The SMILES string of the molecule is CC1CC=CC=C1C1C=C=C=CC1. The van der Waals surface area contributed by atoms with Crippen molar-refractivity contribution in [3.8, 4) is 0 Å². The highest BCUT2D eigenvalue weighted by molar-refractivity contribution is 5.27. The second kappa shape index (κ2) is 3.66. The number of rotatable bonds is 1. The molecule has 66 valence electrons. The normalized spacial score (nSPS) is 30.7. The van der Waals surface area contributed by atoms with E-state index in [1.54, 1.807) is 5.57 Å². The maximum atomic E-state index is 3.06. The molecule has 0 bridgehead atoms.